The van der Waals surface area contributed by atoms with E-state index in [0.29, 0.717) is 5.56 Å². The van der Waals surface area contributed by atoms with Gasteiger partial charge in [0.2, 0.25) is 0 Å². The van der Waals surface area contributed by atoms with Crippen LogP contribution in [0.2, 0.25) is 5.02 Å². The van der Waals surface area contributed by atoms with Crippen molar-refractivity contribution in [2.24, 2.45) is 11.7 Å². The molecule has 1 aliphatic carbocycles. The SMILES string of the molecule is NC1(Cc2cccc(Cl)c2F)CCC(C(F)(F)F)CC1. The standard InChI is InChI=1S/C14H16ClF4N/c15-11-3-1-2-9(12(11)16)8-13(20)6-4-10(5-7-13)14(17,18)19/h1-3,10H,4-8,20H2. The molecule has 0 aliphatic heterocycles. The van der Waals surface area contributed by atoms with Crippen LogP contribution in [0, 0.1) is 11.7 Å². The molecule has 0 heterocycles. The Bertz CT molecular complexity index is 479. The highest BCUT2D eigenvalue weighted by Gasteiger charge is 2.44. The molecule has 0 atom stereocenters. The molecule has 1 aliphatic rings. The van der Waals surface area contributed by atoms with E-state index in [2.05, 4.69) is 0 Å². The van der Waals surface area contributed by atoms with E-state index in [9.17, 15) is 17.6 Å². The summed E-state index contributed by atoms with van der Waals surface area (Å²) in [7, 11) is 0. The Hall–Kier alpha value is -0.810. The molecule has 20 heavy (non-hydrogen) atoms. The fourth-order valence-corrected chi connectivity index (χ4v) is 2.96. The molecule has 0 bridgehead atoms. The van der Waals surface area contributed by atoms with E-state index in [1.165, 1.54) is 6.07 Å². The second-order valence-corrected chi connectivity index (χ2v) is 5.98. The molecule has 0 aromatic heterocycles. The lowest BCUT2D eigenvalue weighted by Crippen LogP contribution is -2.47. The molecule has 2 N–H and O–H groups in total. The van der Waals surface area contributed by atoms with E-state index in [4.69, 9.17) is 17.3 Å². The third-order valence-corrected chi connectivity index (χ3v) is 4.31. The zero-order valence-corrected chi connectivity index (χ0v) is 11.6. The highest BCUT2D eigenvalue weighted by atomic mass is 35.5. The zero-order valence-electron chi connectivity index (χ0n) is 10.8. The van der Waals surface area contributed by atoms with Crippen molar-refractivity contribution in [3.8, 4) is 0 Å². The molecule has 112 valence electrons. The lowest BCUT2D eigenvalue weighted by molar-refractivity contribution is -0.184. The third-order valence-electron chi connectivity index (χ3n) is 4.02. The Morgan fingerprint density at radius 2 is 1.85 bits per heavy atom. The monoisotopic (exact) mass is 309 g/mol. The molecule has 2 rings (SSSR count). The van der Waals surface area contributed by atoms with Crippen LogP contribution >= 0.6 is 11.6 Å². The van der Waals surface area contributed by atoms with Crippen molar-refractivity contribution in [3.63, 3.8) is 0 Å². The van der Waals surface area contributed by atoms with Crippen LogP contribution in [0.3, 0.4) is 0 Å². The predicted molar refractivity (Wildman–Crippen MR) is 70.0 cm³/mol. The summed E-state index contributed by atoms with van der Waals surface area (Å²) in [5.41, 5.74) is 5.72. The molecule has 6 heteroatoms. The average molecular weight is 310 g/mol. The summed E-state index contributed by atoms with van der Waals surface area (Å²) < 4.78 is 51.7. The minimum absolute atomic E-state index is 0.00217. The first-order valence-corrected chi connectivity index (χ1v) is 6.87. The minimum Gasteiger partial charge on any atom is -0.325 e. The van der Waals surface area contributed by atoms with Gasteiger partial charge in [-0.2, -0.15) is 13.2 Å². The second kappa shape index (κ2) is 5.53. The van der Waals surface area contributed by atoms with Crippen molar-refractivity contribution in [1.82, 2.24) is 0 Å². The topological polar surface area (TPSA) is 26.0 Å². The Labute approximate surface area is 120 Å². The summed E-state index contributed by atoms with van der Waals surface area (Å²) >= 11 is 5.70. The van der Waals surface area contributed by atoms with E-state index >= 15 is 0 Å². The normalized spacial score (nSPS) is 27.6. The third kappa shape index (κ3) is 3.44. The first-order valence-electron chi connectivity index (χ1n) is 6.50. The van der Waals surface area contributed by atoms with Gasteiger partial charge in [0.05, 0.1) is 10.9 Å². The molecule has 1 aromatic carbocycles. The number of rotatable bonds is 2. The molecule has 0 unspecified atom stereocenters. The quantitative estimate of drug-likeness (QED) is 0.801. The van der Waals surface area contributed by atoms with Crippen LogP contribution in [0.15, 0.2) is 18.2 Å². The Kier molecular flexibility index (Phi) is 4.30. The van der Waals surface area contributed by atoms with Gasteiger partial charge < -0.3 is 5.73 Å². The summed E-state index contributed by atoms with van der Waals surface area (Å²) in [6, 6.07) is 4.63. The highest BCUT2D eigenvalue weighted by molar-refractivity contribution is 6.30. The summed E-state index contributed by atoms with van der Waals surface area (Å²) in [6.45, 7) is 0. The van der Waals surface area contributed by atoms with Crippen LogP contribution in [-0.2, 0) is 6.42 Å². The molecule has 0 radical (unpaired) electrons. The van der Waals surface area contributed by atoms with Gasteiger partial charge in [0.15, 0.2) is 0 Å². The molecule has 1 fully saturated rings. The fourth-order valence-electron chi connectivity index (χ4n) is 2.76. The lowest BCUT2D eigenvalue weighted by atomic mass is 9.74. The number of alkyl halides is 3. The second-order valence-electron chi connectivity index (χ2n) is 5.57. The smallest absolute Gasteiger partial charge is 0.325 e. The first kappa shape index (κ1) is 15.6. The molecule has 0 saturated heterocycles. The molecule has 1 saturated carbocycles. The maximum atomic E-state index is 13.8. The Balaban J connectivity index is 2.05. The van der Waals surface area contributed by atoms with Gasteiger partial charge in [-0.25, -0.2) is 4.39 Å². The van der Waals surface area contributed by atoms with Gasteiger partial charge >= 0.3 is 6.18 Å². The fraction of sp³-hybridized carbons (Fsp3) is 0.571. The van der Waals surface area contributed by atoms with Gasteiger partial charge in [0, 0.05) is 5.54 Å². The van der Waals surface area contributed by atoms with Crippen LogP contribution < -0.4 is 5.73 Å². The number of benzene rings is 1. The van der Waals surface area contributed by atoms with Crippen LogP contribution in [0.4, 0.5) is 17.6 Å². The van der Waals surface area contributed by atoms with Gasteiger partial charge in [-0.05, 0) is 43.7 Å². The summed E-state index contributed by atoms with van der Waals surface area (Å²) in [4.78, 5) is 0. The van der Waals surface area contributed by atoms with Gasteiger partial charge in [-0.1, -0.05) is 23.7 Å². The number of hydrogen-bond donors (Lipinski definition) is 1. The maximum absolute atomic E-state index is 13.8. The minimum atomic E-state index is -4.16. The molecule has 1 aromatic rings. The number of hydrogen-bond acceptors (Lipinski definition) is 1. The van der Waals surface area contributed by atoms with Crippen LogP contribution in [0.25, 0.3) is 0 Å². The van der Waals surface area contributed by atoms with Crippen molar-refractivity contribution in [3.05, 3.63) is 34.6 Å². The molecular formula is C14H16ClF4N. The number of halogens is 5. The van der Waals surface area contributed by atoms with Crippen molar-refractivity contribution in [2.75, 3.05) is 0 Å². The van der Waals surface area contributed by atoms with Crippen LogP contribution in [0.1, 0.15) is 31.2 Å². The predicted octanol–water partition coefficient (Wildman–Crippen LogP) is 4.47. The average Bonchev–Trinajstić information content (AvgIpc) is 2.34. The summed E-state index contributed by atoms with van der Waals surface area (Å²) in [6.07, 6.45) is -3.47. The van der Waals surface area contributed by atoms with Gasteiger partial charge in [-0.15, -0.1) is 0 Å². The zero-order chi connectivity index (χ0) is 15.0. The van der Waals surface area contributed by atoms with Crippen LogP contribution in [-0.4, -0.2) is 11.7 Å². The van der Waals surface area contributed by atoms with Crippen molar-refractivity contribution >= 4 is 11.6 Å². The van der Waals surface area contributed by atoms with E-state index in [-0.39, 0.29) is 37.1 Å². The van der Waals surface area contributed by atoms with E-state index in [1.54, 1.807) is 12.1 Å². The Morgan fingerprint density at radius 1 is 1.25 bits per heavy atom. The number of nitrogens with two attached hydrogens (primary N) is 1. The van der Waals surface area contributed by atoms with Crippen molar-refractivity contribution in [1.29, 1.82) is 0 Å². The summed E-state index contributed by atoms with van der Waals surface area (Å²) in [5.74, 6) is -1.82. The maximum Gasteiger partial charge on any atom is 0.391 e. The lowest BCUT2D eigenvalue weighted by Gasteiger charge is -2.38. The molecule has 1 nitrogen and oxygen atoms in total. The van der Waals surface area contributed by atoms with E-state index in [1.807, 2.05) is 0 Å². The molecular weight excluding hydrogens is 294 g/mol. The van der Waals surface area contributed by atoms with Gasteiger partial charge in [0.25, 0.3) is 0 Å². The molecule has 0 spiro atoms. The Morgan fingerprint density at radius 3 is 2.40 bits per heavy atom. The molecule has 0 amide bonds. The first-order chi connectivity index (χ1) is 9.21. The van der Waals surface area contributed by atoms with Crippen molar-refractivity contribution < 1.29 is 17.6 Å². The van der Waals surface area contributed by atoms with Crippen LogP contribution in [0.5, 0.6) is 0 Å². The van der Waals surface area contributed by atoms with Gasteiger partial charge in [0.1, 0.15) is 5.82 Å². The summed E-state index contributed by atoms with van der Waals surface area (Å²) in [5, 5.41) is 0.00933. The highest BCUT2D eigenvalue weighted by Crippen LogP contribution is 2.41. The van der Waals surface area contributed by atoms with E-state index < -0.39 is 23.5 Å². The van der Waals surface area contributed by atoms with Gasteiger partial charge in [-0.3, -0.25) is 0 Å². The largest absolute Gasteiger partial charge is 0.391 e. The van der Waals surface area contributed by atoms with E-state index in [0.717, 1.165) is 0 Å². The van der Waals surface area contributed by atoms with Crippen molar-refractivity contribution in [2.45, 2.75) is 43.8 Å².